The lowest BCUT2D eigenvalue weighted by Crippen LogP contribution is -2.44. The third-order valence-electron chi connectivity index (χ3n) is 7.31. The molecule has 0 aliphatic carbocycles. The number of nitrogens with one attached hydrogen (secondary N) is 2. The minimum atomic E-state index is -3.70. The highest BCUT2D eigenvalue weighted by Gasteiger charge is 2.23. The number of benzene rings is 2. The third-order valence-corrected chi connectivity index (χ3v) is 8.78. The van der Waals surface area contributed by atoms with Crippen LogP contribution in [0.5, 0.6) is 17.2 Å². The van der Waals surface area contributed by atoms with Gasteiger partial charge in [-0.1, -0.05) is 11.6 Å². The fourth-order valence-electron chi connectivity index (χ4n) is 4.75. The highest BCUT2D eigenvalue weighted by Crippen LogP contribution is 2.41. The van der Waals surface area contributed by atoms with E-state index in [1.807, 2.05) is 12.1 Å². The van der Waals surface area contributed by atoms with Crippen molar-refractivity contribution >= 4 is 56.1 Å². The molecule has 2 aromatic carbocycles. The SMILES string of the molecule is COc1cc(N2CCN(C)CC2)c2cc1Nc1ncc(Cl)c(n1)Nc1cc(F)c(cc1N(C)S(C)(=O)=O)OCCCCO2. The van der Waals surface area contributed by atoms with Crippen molar-refractivity contribution < 1.29 is 27.0 Å². The van der Waals surface area contributed by atoms with Crippen LogP contribution in [0.25, 0.3) is 0 Å². The summed E-state index contributed by atoms with van der Waals surface area (Å²) in [5, 5.41) is 6.29. The number of aromatic nitrogens is 2. The van der Waals surface area contributed by atoms with Crippen molar-refractivity contribution in [2.45, 2.75) is 12.8 Å². The van der Waals surface area contributed by atoms with Gasteiger partial charge in [0.05, 0.1) is 55.5 Å². The number of piperazine rings is 1. The first-order valence-electron chi connectivity index (χ1n) is 13.8. The van der Waals surface area contributed by atoms with Crippen LogP contribution >= 0.6 is 11.6 Å². The molecule has 0 atom stereocenters. The zero-order valence-corrected chi connectivity index (χ0v) is 26.1. The second-order valence-electron chi connectivity index (χ2n) is 10.4. The van der Waals surface area contributed by atoms with Crippen LogP contribution in [0.4, 0.5) is 38.9 Å². The molecule has 3 aliphatic heterocycles. The van der Waals surface area contributed by atoms with Gasteiger partial charge in [-0.3, -0.25) is 4.31 Å². The van der Waals surface area contributed by atoms with Crippen molar-refractivity contribution in [1.82, 2.24) is 14.9 Å². The zero-order chi connectivity index (χ0) is 30.7. The number of nitrogens with zero attached hydrogens (tertiary/aromatic N) is 5. The fraction of sp³-hybridized carbons (Fsp3) is 0.429. The summed E-state index contributed by atoms with van der Waals surface area (Å²) in [5.41, 5.74) is 1.76. The highest BCUT2D eigenvalue weighted by atomic mass is 35.5. The Morgan fingerprint density at radius 3 is 2.40 bits per heavy atom. The summed E-state index contributed by atoms with van der Waals surface area (Å²) >= 11 is 6.42. The number of ether oxygens (including phenoxy) is 3. The summed E-state index contributed by atoms with van der Waals surface area (Å²) in [4.78, 5) is 13.4. The normalized spacial score (nSPS) is 16.2. The van der Waals surface area contributed by atoms with Crippen LogP contribution in [0.1, 0.15) is 12.8 Å². The maximum absolute atomic E-state index is 15.2. The van der Waals surface area contributed by atoms with Crippen LogP contribution < -0.4 is 34.0 Å². The van der Waals surface area contributed by atoms with E-state index in [0.29, 0.717) is 36.6 Å². The summed E-state index contributed by atoms with van der Waals surface area (Å²) in [7, 11) is 1.35. The fourth-order valence-corrected chi connectivity index (χ4v) is 5.40. The third kappa shape index (κ3) is 7.08. The number of halogens is 2. The molecule has 1 fully saturated rings. The predicted molar refractivity (Wildman–Crippen MR) is 166 cm³/mol. The van der Waals surface area contributed by atoms with Crippen LogP contribution in [0, 0.1) is 5.82 Å². The Kier molecular flexibility index (Phi) is 9.18. The van der Waals surface area contributed by atoms with Gasteiger partial charge in [0.1, 0.15) is 16.5 Å². The minimum absolute atomic E-state index is 0.0774. The number of sulfonamides is 1. The molecular formula is C28H35ClFN7O5S. The van der Waals surface area contributed by atoms with Crippen LogP contribution in [-0.2, 0) is 10.0 Å². The molecule has 1 saturated heterocycles. The molecule has 2 N–H and O–H groups in total. The van der Waals surface area contributed by atoms with Crippen LogP contribution in [0.3, 0.4) is 0 Å². The molecule has 4 heterocycles. The molecule has 3 aromatic rings. The average molecular weight is 636 g/mol. The van der Waals surface area contributed by atoms with E-state index in [0.717, 1.165) is 48.5 Å². The lowest BCUT2D eigenvalue weighted by molar-refractivity contribution is 0.259. The first-order valence-corrected chi connectivity index (χ1v) is 16.0. The summed E-state index contributed by atoms with van der Waals surface area (Å²) in [6, 6.07) is 6.29. The first-order chi connectivity index (χ1) is 20.5. The van der Waals surface area contributed by atoms with E-state index in [4.69, 9.17) is 25.8 Å². The number of anilines is 6. The maximum Gasteiger partial charge on any atom is 0.232 e. The van der Waals surface area contributed by atoms with Gasteiger partial charge in [-0.2, -0.15) is 4.98 Å². The predicted octanol–water partition coefficient (Wildman–Crippen LogP) is 4.46. The number of fused-ring (bicyclic) bond motifs is 7. The second-order valence-corrected chi connectivity index (χ2v) is 12.8. The molecule has 15 heteroatoms. The first kappa shape index (κ1) is 30.7. The molecule has 6 rings (SSSR count). The molecule has 0 amide bonds. The summed E-state index contributed by atoms with van der Waals surface area (Å²) < 4.78 is 58.8. The van der Waals surface area contributed by atoms with Crippen molar-refractivity contribution in [3.8, 4) is 17.2 Å². The highest BCUT2D eigenvalue weighted by molar-refractivity contribution is 7.92. The van der Waals surface area contributed by atoms with Crippen molar-refractivity contribution in [3.05, 3.63) is 41.3 Å². The van der Waals surface area contributed by atoms with Gasteiger partial charge < -0.3 is 34.6 Å². The van der Waals surface area contributed by atoms with E-state index in [1.54, 1.807) is 7.11 Å². The van der Waals surface area contributed by atoms with E-state index in [-0.39, 0.29) is 40.5 Å². The summed E-state index contributed by atoms with van der Waals surface area (Å²) in [6.07, 6.45) is 3.65. The maximum atomic E-state index is 15.2. The van der Waals surface area contributed by atoms with E-state index < -0.39 is 15.8 Å². The molecule has 43 heavy (non-hydrogen) atoms. The van der Waals surface area contributed by atoms with Crippen LogP contribution in [-0.4, -0.2) is 90.1 Å². The molecular weight excluding hydrogens is 601 g/mol. The van der Waals surface area contributed by atoms with Crippen molar-refractivity contribution in [1.29, 1.82) is 0 Å². The summed E-state index contributed by atoms with van der Waals surface area (Å²) in [6.45, 7) is 4.12. The van der Waals surface area contributed by atoms with Crippen LogP contribution in [0.15, 0.2) is 30.5 Å². The van der Waals surface area contributed by atoms with Crippen molar-refractivity contribution in [3.63, 3.8) is 0 Å². The van der Waals surface area contributed by atoms with Gasteiger partial charge in [0, 0.05) is 57.5 Å². The van der Waals surface area contributed by atoms with E-state index in [2.05, 4.69) is 37.4 Å². The Morgan fingerprint density at radius 1 is 1.02 bits per heavy atom. The van der Waals surface area contributed by atoms with Gasteiger partial charge in [0.15, 0.2) is 17.4 Å². The Morgan fingerprint density at radius 2 is 1.72 bits per heavy atom. The largest absolute Gasteiger partial charge is 0.494 e. The molecule has 6 bridgehead atoms. The Hall–Kier alpha value is -3.75. The van der Waals surface area contributed by atoms with Crippen molar-refractivity contribution in [2.75, 3.05) is 86.7 Å². The van der Waals surface area contributed by atoms with Gasteiger partial charge in [-0.15, -0.1) is 0 Å². The molecule has 12 nitrogen and oxygen atoms in total. The molecule has 0 spiro atoms. The quantitative estimate of drug-likeness (QED) is 0.423. The Bertz CT molecular complexity index is 1590. The molecule has 0 unspecified atom stereocenters. The van der Waals surface area contributed by atoms with Gasteiger partial charge in [0.2, 0.25) is 16.0 Å². The number of likely N-dealkylation sites (N-methyl/N-ethyl adjacent to an activating group) is 1. The molecule has 3 aliphatic rings. The Labute approximate surface area is 255 Å². The molecule has 232 valence electrons. The van der Waals surface area contributed by atoms with E-state index in [9.17, 15) is 8.42 Å². The lowest BCUT2D eigenvalue weighted by Gasteiger charge is -2.35. The molecule has 0 radical (unpaired) electrons. The minimum Gasteiger partial charge on any atom is -0.494 e. The second kappa shape index (κ2) is 12.9. The topological polar surface area (TPSA) is 121 Å². The molecule has 1 aromatic heterocycles. The number of methoxy groups -OCH3 is 1. The van der Waals surface area contributed by atoms with E-state index >= 15 is 4.39 Å². The standard InChI is InChI=1S/C28H35ClFN7O5S/c1-35-7-9-37(10-8-35)23-16-25(40-3)21-14-26(23)42-12-6-5-11-41-24-15-22(36(2)43(4,38)39)20(13-19(24)30)32-27-18(29)17-31-28(33-21)34-27/h13-17H,5-12H2,1-4H3,(H2,31,32,33,34). The van der Waals surface area contributed by atoms with Crippen LogP contribution in [0.2, 0.25) is 5.02 Å². The molecule has 0 saturated carbocycles. The van der Waals surface area contributed by atoms with Gasteiger partial charge in [0.25, 0.3) is 0 Å². The van der Waals surface area contributed by atoms with Gasteiger partial charge in [-0.05, 0) is 19.9 Å². The monoisotopic (exact) mass is 635 g/mol. The lowest BCUT2D eigenvalue weighted by atomic mass is 10.2. The van der Waals surface area contributed by atoms with E-state index in [1.165, 1.54) is 19.3 Å². The number of hydrogen-bond acceptors (Lipinski definition) is 11. The van der Waals surface area contributed by atoms with Gasteiger partial charge in [-0.25, -0.2) is 17.8 Å². The average Bonchev–Trinajstić information content (AvgIpc) is 2.97. The smallest absolute Gasteiger partial charge is 0.232 e. The summed E-state index contributed by atoms with van der Waals surface area (Å²) in [5.74, 6) is 0.782. The number of rotatable bonds is 4. The number of hydrogen-bond donors (Lipinski definition) is 2. The Balaban J connectivity index is 1.57. The zero-order valence-electron chi connectivity index (χ0n) is 24.5. The van der Waals surface area contributed by atoms with Gasteiger partial charge >= 0.3 is 0 Å². The van der Waals surface area contributed by atoms with Crippen molar-refractivity contribution in [2.24, 2.45) is 0 Å².